The molecule has 0 unspecified atom stereocenters. The molecule has 2 aromatic carbocycles. The Morgan fingerprint density at radius 2 is 1.85 bits per heavy atom. The average molecular weight is 307 g/mol. The van der Waals surface area contributed by atoms with Gasteiger partial charge in [0.15, 0.2) is 6.61 Å². The van der Waals surface area contributed by atoms with E-state index in [0.717, 1.165) is 11.3 Å². The summed E-state index contributed by atoms with van der Waals surface area (Å²) in [6, 6.07) is 14.7. The van der Waals surface area contributed by atoms with Crippen molar-refractivity contribution in [3.05, 3.63) is 58.1 Å². The number of ether oxygens (including phenoxy) is 1. The second kappa shape index (κ2) is 7.04. The molecule has 0 saturated carbocycles. The molecular weight excluding hydrogens is 295 g/mol. The maximum absolute atomic E-state index is 8.43. The second-order valence-corrected chi connectivity index (χ2v) is 4.90. The average Bonchev–Trinajstić information content (AvgIpc) is 2.45. The van der Waals surface area contributed by atoms with Crippen LogP contribution < -0.4 is 10.1 Å². The van der Waals surface area contributed by atoms with Gasteiger partial charge in [-0.15, -0.1) is 0 Å². The summed E-state index contributed by atoms with van der Waals surface area (Å²) in [7, 11) is 0. The fraction of sp³-hybridized carbons (Fsp3) is 0.133. The van der Waals surface area contributed by atoms with Crippen LogP contribution in [0.25, 0.3) is 0 Å². The Kier molecular flexibility index (Phi) is 5.11. The Balaban J connectivity index is 1.95. The third kappa shape index (κ3) is 4.06. The van der Waals surface area contributed by atoms with E-state index in [1.165, 1.54) is 0 Å². The molecule has 0 amide bonds. The Hall–Kier alpha value is -1.89. The van der Waals surface area contributed by atoms with Gasteiger partial charge in [0.1, 0.15) is 11.8 Å². The van der Waals surface area contributed by atoms with Gasteiger partial charge in [-0.3, -0.25) is 0 Å². The van der Waals surface area contributed by atoms with Gasteiger partial charge in [0.25, 0.3) is 0 Å². The van der Waals surface area contributed by atoms with Crippen LogP contribution >= 0.6 is 23.2 Å². The molecule has 0 bridgehead atoms. The molecule has 0 aliphatic heterocycles. The summed E-state index contributed by atoms with van der Waals surface area (Å²) in [5.74, 6) is 0.668. The molecule has 0 aliphatic carbocycles. The van der Waals surface area contributed by atoms with E-state index in [-0.39, 0.29) is 6.61 Å². The van der Waals surface area contributed by atoms with E-state index in [2.05, 4.69) is 5.32 Å². The zero-order valence-electron chi connectivity index (χ0n) is 10.6. The fourth-order valence-corrected chi connectivity index (χ4v) is 2.12. The predicted molar refractivity (Wildman–Crippen MR) is 81.3 cm³/mol. The molecule has 0 atom stereocenters. The monoisotopic (exact) mass is 306 g/mol. The summed E-state index contributed by atoms with van der Waals surface area (Å²) >= 11 is 12.0. The summed E-state index contributed by atoms with van der Waals surface area (Å²) in [5, 5.41) is 12.9. The van der Waals surface area contributed by atoms with Crippen molar-refractivity contribution >= 4 is 28.9 Å². The number of halogens is 2. The molecule has 1 N–H and O–H groups in total. The molecule has 0 spiro atoms. The lowest BCUT2D eigenvalue weighted by Crippen LogP contribution is -2.00. The van der Waals surface area contributed by atoms with Gasteiger partial charge in [-0.05, 0) is 42.0 Å². The van der Waals surface area contributed by atoms with Crippen molar-refractivity contribution in [1.29, 1.82) is 5.26 Å². The third-order valence-electron chi connectivity index (χ3n) is 2.66. The molecule has 0 radical (unpaired) electrons. The molecule has 0 saturated heterocycles. The van der Waals surface area contributed by atoms with Crippen molar-refractivity contribution in [3.8, 4) is 11.8 Å². The minimum atomic E-state index is 0.0488. The highest BCUT2D eigenvalue weighted by atomic mass is 35.5. The van der Waals surface area contributed by atoms with Crippen molar-refractivity contribution in [1.82, 2.24) is 0 Å². The van der Waals surface area contributed by atoms with Crippen LogP contribution in [-0.4, -0.2) is 6.61 Å². The maximum atomic E-state index is 8.43. The zero-order valence-corrected chi connectivity index (χ0v) is 12.1. The molecule has 3 nitrogen and oxygen atoms in total. The number of nitrogens with one attached hydrogen (secondary N) is 1. The normalized spacial score (nSPS) is 9.85. The van der Waals surface area contributed by atoms with E-state index < -0.39 is 0 Å². The highest BCUT2D eigenvalue weighted by Crippen LogP contribution is 2.22. The first-order valence-corrected chi connectivity index (χ1v) is 6.72. The first-order valence-electron chi connectivity index (χ1n) is 5.96. The van der Waals surface area contributed by atoms with E-state index in [0.29, 0.717) is 22.3 Å². The van der Waals surface area contributed by atoms with E-state index in [4.69, 9.17) is 33.2 Å². The van der Waals surface area contributed by atoms with Crippen LogP contribution in [0.1, 0.15) is 5.56 Å². The molecule has 2 rings (SSSR count). The number of hydrogen-bond acceptors (Lipinski definition) is 3. The number of rotatable bonds is 5. The van der Waals surface area contributed by atoms with Crippen molar-refractivity contribution in [3.63, 3.8) is 0 Å². The molecule has 102 valence electrons. The summed E-state index contributed by atoms with van der Waals surface area (Å²) in [5.41, 5.74) is 1.92. The number of benzene rings is 2. The minimum Gasteiger partial charge on any atom is -0.479 e. The number of nitrogens with zero attached hydrogens (tertiary/aromatic N) is 1. The smallest absolute Gasteiger partial charge is 0.174 e. The topological polar surface area (TPSA) is 45.0 Å². The highest BCUT2D eigenvalue weighted by Gasteiger charge is 2.01. The second-order valence-electron chi connectivity index (χ2n) is 4.06. The highest BCUT2D eigenvalue weighted by molar-refractivity contribution is 6.35. The fourth-order valence-electron chi connectivity index (χ4n) is 1.65. The van der Waals surface area contributed by atoms with Gasteiger partial charge in [-0.1, -0.05) is 29.3 Å². The zero-order chi connectivity index (χ0) is 14.4. The molecule has 2 aromatic rings. The third-order valence-corrected chi connectivity index (χ3v) is 3.24. The van der Waals surface area contributed by atoms with E-state index >= 15 is 0 Å². The Labute approximate surface area is 127 Å². The standard InChI is InChI=1S/C15H12Cl2N2O/c16-12-2-1-11(15(17)9-12)10-19-13-3-5-14(6-4-13)20-8-7-18/h1-6,9,19H,8,10H2. The van der Waals surface area contributed by atoms with Crippen LogP contribution in [0.3, 0.4) is 0 Å². The van der Waals surface area contributed by atoms with E-state index in [1.807, 2.05) is 42.5 Å². The number of nitriles is 1. The Morgan fingerprint density at radius 1 is 1.10 bits per heavy atom. The molecule has 0 aliphatic rings. The van der Waals surface area contributed by atoms with E-state index in [1.54, 1.807) is 6.07 Å². The lowest BCUT2D eigenvalue weighted by molar-refractivity contribution is 0.368. The summed E-state index contributed by atoms with van der Waals surface area (Å²) in [4.78, 5) is 0. The maximum Gasteiger partial charge on any atom is 0.174 e. The van der Waals surface area contributed by atoms with Gasteiger partial charge in [0.2, 0.25) is 0 Å². The van der Waals surface area contributed by atoms with Gasteiger partial charge in [-0.25, -0.2) is 0 Å². The lowest BCUT2D eigenvalue weighted by atomic mass is 10.2. The van der Waals surface area contributed by atoms with Crippen molar-refractivity contribution in [2.24, 2.45) is 0 Å². The first-order chi connectivity index (χ1) is 9.69. The molecule has 0 heterocycles. The molecular formula is C15H12Cl2N2O. The summed E-state index contributed by atoms with van der Waals surface area (Å²) in [6.45, 7) is 0.654. The summed E-state index contributed by atoms with van der Waals surface area (Å²) < 4.78 is 5.18. The van der Waals surface area contributed by atoms with Crippen molar-refractivity contribution in [2.45, 2.75) is 6.54 Å². The SMILES string of the molecule is N#CCOc1ccc(NCc2ccc(Cl)cc2Cl)cc1. The van der Waals surface area contributed by atoms with Crippen molar-refractivity contribution in [2.75, 3.05) is 11.9 Å². The van der Waals surface area contributed by atoms with Crippen molar-refractivity contribution < 1.29 is 4.74 Å². The Morgan fingerprint density at radius 3 is 2.50 bits per heavy atom. The first kappa shape index (κ1) is 14.5. The molecule has 0 aromatic heterocycles. The quantitative estimate of drug-likeness (QED) is 0.884. The van der Waals surface area contributed by atoms with Gasteiger partial charge >= 0.3 is 0 Å². The van der Waals surface area contributed by atoms with Gasteiger partial charge < -0.3 is 10.1 Å². The molecule has 0 fully saturated rings. The van der Waals surface area contributed by atoms with Gasteiger partial charge in [-0.2, -0.15) is 5.26 Å². The van der Waals surface area contributed by atoms with Crippen LogP contribution in [0.15, 0.2) is 42.5 Å². The Bertz CT molecular complexity index is 621. The van der Waals surface area contributed by atoms with Gasteiger partial charge in [0, 0.05) is 22.3 Å². The van der Waals surface area contributed by atoms with Crippen LogP contribution in [0.2, 0.25) is 10.0 Å². The number of anilines is 1. The molecule has 5 heteroatoms. The van der Waals surface area contributed by atoms with Gasteiger partial charge in [0.05, 0.1) is 0 Å². The largest absolute Gasteiger partial charge is 0.479 e. The lowest BCUT2D eigenvalue weighted by Gasteiger charge is -2.09. The van der Waals surface area contributed by atoms with E-state index in [9.17, 15) is 0 Å². The number of hydrogen-bond donors (Lipinski definition) is 1. The van der Waals surface area contributed by atoms with Crippen LogP contribution in [0, 0.1) is 11.3 Å². The van der Waals surface area contributed by atoms with Crippen LogP contribution in [0.4, 0.5) is 5.69 Å². The van der Waals surface area contributed by atoms with Crippen LogP contribution in [0.5, 0.6) is 5.75 Å². The van der Waals surface area contributed by atoms with Crippen LogP contribution in [-0.2, 0) is 6.54 Å². The predicted octanol–water partition coefficient (Wildman–Crippen LogP) is 4.51. The minimum absolute atomic E-state index is 0.0488. The molecule has 20 heavy (non-hydrogen) atoms. The summed E-state index contributed by atoms with van der Waals surface area (Å²) in [6.07, 6.45) is 0.